The molecule has 0 aromatic heterocycles. The second-order valence-electron chi connectivity index (χ2n) is 5.36. The van der Waals surface area contributed by atoms with Crippen LogP contribution < -0.4 is 0 Å². The van der Waals surface area contributed by atoms with E-state index in [1.165, 1.54) is 0 Å². The summed E-state index contributed by atoms with van der Waals surface area (Å²) >= 11 is 0. The number of carbonyl (C=O) groups excluding carboxylic acids is 2. The predicted octanol–water partition coefficient (Wildman–Crippen LogP) is 2.89. The summed E-state index contributed by atoms with van der Waals surface area (Å²) in [4.78, 5) is 25.0. The van der Waals surface area contributed by atoms with E-state index in [1.54, 1.807) is 48.5 Å². The van der Waals surface area contributed by atoms with Crippen molar-refractivity contribution in [2.75, 3.05) is 0 Å². The number of nitriles is 1. The van der Waals surface area contributed by atoms with Crippen molar-refractivity contribution in [1.29, 1.82) is 5.26 Å². The molecule has 0 aliphatic carbocycles. The first-order chi connectivity index (χ1) is 11.1. The van der Waals surface area contributed by atoms with Gasteiger partial charge in [0.1, 0.15) is 0 Å². The average molecular weight is 323 g/mol. The molecule has 0 radical (unpaired) electrons. The molecular weight excluding hydrogens is 310 g/mol. The molecule has 2 atom stereocenters. The smallest absolute Gasteiger partial charge is 0.165 e. The van der Waals surface area contributed by atoms with Gasteiger partial charge in [0.25, 0.3) is 0 Å². The fourth-order valence-electron chi connectivity index (χ4n) is 2.65. The first-order valence-electron chi connectivity index (χ1n) is 7.16. The molecule has 1 aliphatic rings. The summed E-state index contributed by atoms with van der Waals surface area (Å²) in [5, 5.41) is 8.27. The molecule has 1 heterocycles. The van der Waals surface area contributed by atoms with Gasteiger partial charge in [-0.25, -0.2) is 0 Å². The summed E-state index contributed by atoms with van der Waals surface area (Å²) in [7, 11) is -1.37. The Kier molecular flexibility index (Phi) is 4.18. The van der Waals surface area contributed by atoms with E-state index < -0.39 is 16.0 Å². The third-order valence-corrected chi connectivity index (χ3v) is 5.60. The van der Waals surface area contributed by atoms with E-state index in [1.807, 2.05) is 6.07 Å². The minimum absolute atomic E-state index is 0.0542. The van der Waals surface area contributed by atoms with Crippen LogP contribution in [-0.4, -0.2) is 21.0 Å². The normalized spacial score (nSPS) is 19.7. The molecule has 0 amide bonds. The topological polar surface area (TPSA) is 75.0 Å². The number of carbonyl (C=O) groups is 2. The molecule has 0 N–H and O–H groups in total. The van der Waals surface area contributed by atoms with E-state index in [-0.39, 0.29) is 24.4 Å². The van der Waals surface area contributed by atoms with Crippen molar-refractivity contribution in [3.63, 3.8) is 0 Å². The van der Waals surface area contributed by atoms with Crippen LogP contribution in [0.25, 0.3) is 0 Å². The van der Waals surface area contributed by atoms with Gasteiger partial charge in [0.05, 0.1) is 27.7 Å². The Morgan fingerprint density at radius 3 is 2.57 bits per heavy atom. The predicted molar refractivity (Wildman–Crippen MR) is 85.7 cm³/mol. The number of Topliss-reactive ketones (excluding diaryl/α,β-unsaturated/α-hetero) is 2. The Morgan fingerprint density at radius 2 is 1.87 bits per heavy atom. The second kappa shape index (κ2) is 6.27. The first kappa shape index (κ1) is 15.3. The molecule has 0 saturated carbocycles. The minimum Gasteiger partial charge on any atom is -0.294 e. The summed E-state index contributed by atoms with van der Waals surface area (Å²) in [5.74, 6) is -0.238. The zero-order valence-electron chi connectivity index (χ0n) is 12.2. The Balaban J connectivity index is 1.81. The lowest BCUT2D eigenvalue weighted by Gasteiger charge is -2.22. The maximum Gasteiger partial charge on any atom is 0.165 e. The van der Waals surface area contributed by atoms with E-state index in [0.717, 1.165) is 0 Å². The molecule has 23 heavy (non-hydrogen) atoms. The number of nitrogens with zero attached hydrogens (tertiary/aromatic N) is 1. The average Bonchev–Trinajstić information content (AvgIpc) is 2.59. The Bertz CT molecular complexity index is 849. The molecule has 2 aromatic rings. The van der Waals surface area contributed by atoms with Gasteiger partial charge in [0.2, 0.25) is 0 Å². The zero-order valence-corrected chi connectivity index (χ0v) is 13.0. The van der Waals surface area contributed by atoms with Crippen LogP contribution in [0.5, 0.6) is 0 Å². The van der Waals surface area contributed by atoms with Gasteiger partial charge in [-0.15, -0.1) is 0 Å². The van der Waals surface area contributed by atoms with Crippen LogP contribution in [0.1, 0.15) is 39.1 Å². The highest BCUT2D eigenvalue weighted by Crippen LogP contribution is 2.29. The molecule has 0 bridgehead atoms. The molecular formula is C18H13NO3S. The van der Waals surface area contributed by atoms with Gasteiger partial charge in [-0.2, -0.15) is 5.26 Å². The summed E-state index contributed by atoms with van der Waals surface area (Å²) in [6.07, 6.45) is 0.171. The van der Waals surface area contributed by atoms with Gasteiger partial charge in [-0.1, -0.05) is 30.3 Å². The van der Waals surface area contributed by atoms with Gasteiger partial charge in [0.15, 0.2) is 11.6 Å². The lowest BCUT2D eigenvalue weighted by Crippen LogP contribution is -2.29. The number of rotatable bonds is 3. The zero-order chi connectivity index (χ0) is 16.4. The maximum absolute atomic E-state index is 12.6. The van der Waals surface area contributed by atoms with Crippen LogP contribution >= 0.6 is 0 Å². The number of ketones is 2. The van der Waals surface area contributed by atoms with Gasteiger partial charge in [-0.05, 0) is 18.2 Å². The van der Waals surface area contributed by atoms with Crippen molar-refractivity contribution >= 4 is 22.4 Å². The van der Waals surface area contributed by atoms with E-state index >= 15 is 0 Å². The van der Waals surface area contributed by atoms with E-state index in [0.29, 0.717) is 21.6 Å². The first-order valence-corrected chi connectivity index (χ1v) is 8.37. The highest BCUT2D eigenvalue weighted by molar-refractivity contribution is 7.86. The molecule has 0 spiro atoms. The third kappa shape index (κ3) is 2.99. The number of benzene rings is 2. The van der Waals surface area contributed by atoms with Crippen molar-refractivity contribution in [1.82, 2.24) is 0 Å². The van der Waals surface area contributed by atoms with Crippen LogP contribution in [0.4, 0.5) is 0 Å². The fourth-order valence-corrected chi connectivity index (χ4v) is 4.22. The number of fused-ring (bicyclic) bond motifs is 1. The van der Waals surface area contributed by atoms with Crippen LogP contribution in [-0.2, 0) is 10.8 Å². The van der Waals surface area contributed by atoms with E-state index in [2.05, 4.69) is 0 Å². The monoisotopic (exact) mass is 323 g/mol. The number of hydrogen-bond acceptors (Lipinski definition) is 4. The van der Waals surface area contributed by atoms with Crippen molar-refractivity contribution in [2.24, 2.45) is 0 Å². The molecule has 3 rings (SSSR count). The standard InChI is InChI=1S/C18H13NO3S/c19-11-12-5-7-13(8-6-12)16(20)9-14-10-17(21)15-3-1-2-4-18(15)23(14)22/h1-8,14H,9-10H2. The summed E-state index contributed by atoms with van der Waals surface area (Å²) in [6, 6.07) is 15.2. The van der Waals surface area contributed by atoms with Crippen LogP contribution in [0.15, 0.2) is 53.4 Å². The Labute approximate surface area is 136 Å². The summed E-state index contributed by atoms with van der Waals surface area (Å²) < 4.78 is 12.6. The molecule has 5 heteroatoms. The van der Waals surface area contributed by atoms with Crippen molar-refractivity contribution in [3.8, 4) is 6.07 Å². The highest BCUT2D eigenvalue weighted by atomic mass is 32.2. The summed E-state index contributed by atoms with van der Waals surface area (Å²) in [5.41, 5.74) is 1.44. The van der Waals surface area contributed by atoms with Gasteiger partial charge < -0.3 is 0 Å². The van der Waals surface area contributed by atoms with Gasteiger partial charge in [-0.3, -0.25) is 13.8 Å². The van der Waals surface area contributed by atoms with Crippen LogP contribution in [0.3, 0.4) is 0 Å². The molecule has 4 nitrogen and oxygen atoms in total. The van der Waals surface area contributed by atoms with Gasteiger partial charge in [0, 0.05) is 28.9 Å². The number of hydrogen-bond donors (Lipinski definition) is 0. The van der Waals surface area contributed by atoms with Crippen molar-refractivity contribution < 1.29 is 13.8 Å². The molecule has 2 aromatic carbocycles. The lowest BCUT2D eigenvalue weighted by molar-refractivity contribution is 0.0955. The van der Waals surface area contributed by atoms with E-state index in [4.69, 9.17) is 5.26 Å². The maximum atomic E-state index is 12.6. The van der Waals surface area contributed by atoms with E-state index in [9.17, 15) is 13.8 Å². The van der Waals surface area contributed by atoms with Crippen molar-refractivity contribution in [2.45, 2.75) is 23.0 Å². The third-order valence-electron chi connectivity index (χ3n) is 3.87. The minimum atomic E-state index is -1.37. The molecule has 2 unspecified atom stereocenters. The Hall–Kier alpha value is -2.58. The molecule has 1 aliphatic heterocycles. The largest absolute Gasteiger partial charge is 0.294 e. The highest BCUT2D eigenvalue weighted by Gasteiger charge is 2.32. The lowest BCUT2D eigenvalue weighted by atomic mass is 10.00. The fraction of sp³-hybridized carbons (Fsp3) is 0.167. The van der Waals surface area contributed by atoms with Crippen LogP contribution in [0, 0.1) is 11.3 Å². The Morgan fingerprint density at radius 1 is 1.17 bits per heavy atom. The SMILES string of the molecule is N#Cc1ccc(C(=O)CC2CC(=O)c3ccccc3S2=O)cc1. The molecule has 0 fully saturated rings. The quantitative estimate of drug-likeness (QED) is 0.814. The molecule has 0 saturated heterocycles. The summed E-state index contributed by atoms with van der Waals surface area (Å²) in [6.45, 7) is 0. The van der Waals surface area contributed by atoms with Gasteiger partial charge >= 0.3 is 0 Å². The molecule has 114 valence electrons. The van der Waals surface area contributed by atoms with Crippen LogP contribution in [0.2, 0.25) is 0 Å². The van der Waals surface area contributed by atoms with Crippen molar-refractivity contribution in [3.05, 3.63) is 65.2 Å². The second-order valence-corrected chi connectivity index (χ2v) is 7.06.